The smallest absolute Gasteiger partial charge is 0.311 e. The summed E-state index contributed by atoms with van der Waals surface area (Å²) in [5, 5.41) is 0. The summed E-state index contributed by atoms with van der Waals surface area (Å²) in [5.74, 6) is 0.846. The number of benzene rings is 1. The Morgan fingerprint density at radius 1 is 1.32 bits per heavy atom. The van der Waals surface area contributed by atoms with Crippen molar-refractivity contribution in [2.45, 2.75) is 19.3 Å². The van der Waals surface area contributed by atoms with Crippen LogP contribution in [0.1, 0.15) is 19.3 Å². The molecule has 19 heavy (non-hydrogen) atoms. The number of methoxy groups -OCH3 is 1. The maximum atomic E-state index is 11.8. The van der Waals surface area contributed by atoms with Crippen LogP contribution in [0.15, 0.2) is 36.4 Å². The van der Waals surface area contributed by atoms with Crippen molar-refractivity contribution in [1.82, 2.24) is 0 Å². The molecule has 0 fully saturated rings. The van der Waals surface area contributed by atoms with E-state index >= 15 is 0 Å². The molecular weight excluding hydrogens is 244 g/mol. The van der Waals surface area contributed by atoms with Gasteiger partial charge in [0.25, 0.3) is 0 Å². The maximum absolute atomic E-state index is 11.8. The SMILES string of the molecule is COc1ccccc1OC(=O)CC1C=CC(=O)CC1. The summed E-state index contributed by atoms with van der Waals surface area (Å²) >= 11 is 0. The molecule has 2 rings (SSSR count). The predicted molar refractivity (Wildman–Crippen MR) is 70.1 cm³/mol. The van der Waals surface area contributed by atoms with E-state index < -0.39 is 0 Å². The molecule has 0 radical (unpaired) electrons. The molecule has 0 aromatic heterocycles. The van der Waals surface area contributed by atoms with E-state index in [1.807, 2.05) is 6.07 Å². The minimum atomic E-state index is -0.312. The minimum absolute atomic E-state index is 0.0832. The van der Waals surface area contributed by atoms with E-state index in [0.717, 1.165) is 0 Å². The fraction of sp³-hybridized carbons (Fsp3) is 0.333. The molecule has 0 saturated carbocycles. The average Bonchev–Trinajstić information content (AvgIpc) is 2.42. The minimum Gasteiger partial charge on any atom is -0.493 e. The molecule has 1 aromatic carbocycles. The van der Waals surface area contributed by atoms with Crippen molar-refractivity contribution in [2.75, 3.05) is 7.11 Å². The molecule has 1 aliphatic carbocycles. The molecule has 0 N–H and O–H groups in total. The Morgan fingerprint density at radius 3 is 2.68 bits per heavy atom. The highest BCUT2D eigenvalue weighted by Crippen LogP contribution is 2.27. The van der Waals surface area contributed by atoms with Crippen molar-refractivity contribution < 1.29 is 19.1 Å². The van der Waals surface area contributed by atoms with E-state index in [0.29, 0.717) is 24.3 Å². The van der Waals surface area contributed by atoms with Crippen LogP contribution in [-0.2, 0) is 9.59 Å². The second-order valence-electron chi connectivity index (χ2n) is 4.45. The van der Waals surface area contributed by atoms with Gasteiger partial charge in [0, 0.05) is 6.42 Å². The normalized spacial score (nSPS) is 18.2. The molecule has 100 valence electrons. The van der Waals surface area contributed by atoms with Gasteiger partial charge in [0.2, 0.25) is 0 Å². The van der Waals surface area contributed by atoms with Gasteiger partial charge in [0.1, 0.15) is 0 Å². The topological polar surface area (TPSA) is 52.6 Å². The molecule has 4 nitrogen and oxygen atoms in total. The van der Waals surface area contributed by atoms with Crippen molar-refractivity contribution >= 4 is 11.8 Å². The quantitative estimate of drug-likeness (QED) is 0.616. The van der Waals surface area contributed by atoms with Gasteiger partial charge in [0.05, 0.1) is 13.5 Å². The van der Waals surface area contributed by atoms with Gasteiger partial charge in [-0.25, -0.2) is 0 Å². The predicted octanol–water partition coefficient (Wildman–Crippen LogP) is 2.53. The van der Waals surface area contributed by atoms with Gasteiger partial charge in [-0.05, 0) is 30.5 Å². The van der Waals surface area contributed by atoms with Crippen LogP contribution in [0.25, 0.3) is 0 Å². The van der Waals surface area contributed by atoms with Gasteiger partial charge in [-0.2, -0.15) is 0 Å². The zero-order valence-electron chi connectivity index (χ0n) is 10.8. The first-order valence-electron chi connectivity index (χ1n) is 6.24. The van der Waals surface area contributed by atoms with E-state index in [9.17, 15) is 9.59 Å². The largest absolute Gasteiger partial charge is 0.493 e. The number of hydrogen-bond acceptors (Lipinski definition) is 4. The van der Waals surface area contributed by atoms with Crippen LogP contribution in [0, 0.1) is 5.92 Å². The molecule has 0 heterocycles. The van der Waals surface area contributed by atoms with Crippen molar-refractivity contribution in [2.24, 2.45) is 5.92 Å². The average molecular weight is 260 g/mol. The Labute approximate surface area is 112 Å². The summed E-state index contributed by atoms with van der Waals surface area (Å²) < 4.78 is 10.4. The van der Waals surface area contributed by atoms with Crippen LogP contribution < -0.4 is 9.47 Å². The summed E-state index contributed by atoms with van der Waals surface area (Å²) in [7, 11) is 1.53. The Kier molecular flexibility index (Phi) is 4.34. The monoisotopic (exact) mass is 260 g/mol. The first-order chi connectivity index (χ1) is 9.19. The van der Waals surface area contributed by atoms with E-state index in [1.54, 1.807) is 30.4 Å². The van der Waals surface area contributed by atoms with Crippen molar-refractivity contribution in [1.29, 1.82) is 0 Å². The van der Waals surface area contributed by atoms with Gasteiger partial charge in [0.15, 0.2) is 17.3 Å². The lowest BCUT2D eigenvalue weighted by Crippen LogP contribution is -2.16. The lowest BCUT2D eigenvalue weighted by atomic mass is 9.92. The first kappa shape index (κ1) is 13.3. The Hall–Kier alpha value is -2.10. The van der Waals surface area contributed by atoms with E-state index in [4.69, 9.17) is 9.47 Å². The molecular formula is C15H16O4. The molecule has 0 spiro atoms. The number of allylic oxidation sites excluding steroid dienone is 2. The van der Waals surface area contributed by atoms with E-state index in [1.165, 1.54) is 7.11 Å². The highest BCUT2D eigenvalue weighted by atomic mass is 16.6. The maximum Gasteiger partial charge on any atom is 0.311 e. The molecule has 4 heteroatoms. The van der Waals surface area contributed by atoms with Crippen LogP contribution in [-0.4, -0.2) is 18.9 Å². The van der Waals surface area contributed by atoms with Crippen molar-refractivity contribution in [3.8, 4) is 11.5 Å². The van der Waals surface area contributed by atoms with Gasteiger partial charge >= 0.3 is 5.97 Å². The molecule has 0 saturated heterocycles. The molecule has 0 amide bonds. The molecule has 1 aromatic rings. The number of ether oxygens (including phenoxy) is 2. The molecule has 0 aliphatic heterocycles. The second kappa shape index (κ2) is 6.18. The van der Waals surface area contributed by atoms with Crippen LogP contribution in [0.4, 0.5) is 0 Å². The number of rotatable bonds is 4. The number of esters is 1. The summed E-state index contributed by atoms with van der Waals surface area (Å²) in [6, 6.07) is 7.02. The zero-order valence-corrected chi connectivity index (χ0v) is 10.8. The van der Waals surface area contributed by atoms with Crippen LogP contribution in [0.5, 0.6) is 11.5 Å². The molecule has 1 atom stereocenters. The molecule has 0 bridgehead atoms. The fourth-order valence-corrected chi connectivity index (χ4v) is 2.00. The third-order valence-corrected chi connectivity index (χ3v) is 3.04. The number of ketones is 1. The van der Waals surface area contributed by atoms with Crippen LogP contribution in [0.2, 0.25) is 0 Å². The van der Waals surface area contributed by atoms with E-state index in [2.05, 4.69) is 0 Å². The summed E-state index contributed by atoms with van der Waals surface area (Å²) in [6.07, 6.45) is 4.82. The van der Waals surface area contributed by atoms with Crippen molar-refractivity contribution in [3.05, 3.63) is 36.4 Å². The van der Waals surface area contributed by atoms with Gasteiger partial charge < -0.3 is 9.47 Å². The van der Waals surface area contributed by atoms with Gasteiger partial charge in [-0.1, -0.05) is 18.2 Å². The highest BCUT2D eigenvalue weighted by molar-refractivity contribution is 5.90. The van der Waals surface area contributed by atoms with Crippen molar-refractivity contribution in [3.63, 3.8) is 0 Å². The summed E-state index contributed by atoms with van der Waals surface area (Å²) in [4.78, 5) is 22.9. The number of carbonyl (C=O) groups is 2. The lowest BCUT2D eigenvalue weighted by molar-refractivity contribution is -0.135. The molecule has 1 unspecified atom stereocenters. The number of hydrogen-bond donors (Lipinski definition) is 0. The highest BCUT2D eigenvalue weighted by Gasteiger charge is 2.18. The number of para-hydroxylation sites is 2. The third kappa shape index (κ3) is 3.68. The summed E-state index contributed by atoms with van der Waals surface area (Å²) in [6.45, 7) is 0. The van der Waals surface area contributed by atoms with Gasteiger partial charge in [-0.15, -0.1) is 0 Å². The fourth-order valence-electron chi connectivity index (χ4n) is 2.00. The lowest BCUT2D eigenvalue weighted by Gasteiger charge is -2.15. The first-order valence-corrected chi connectivity index (χ1v) is 6.24. The summed E-state index contributed by atoms with van der Waals surface area (Å²) in [5.41, 5.74) is 0. The second-order valence-corrected chi connectivity index (χ2v) is 4.45. The zero-order chi connectivity index (χ0) is 13.7. The van der Waals surface area contributed by atoms with Crippen LogP contribution >= 0.6 is 0 Å². The Balaban J connectivity index is 1.94. The van der Waals surface area contributed by atoms with Crippen LogP contribution in [0.3, 0.4) is 0 Å². The third-order valence-electron chi connectivity index (χ3n) is 3.04. The Morgan fingerprint density at radius 2 is 2.05 bits per heavy atom. The Bertz CT molecular complexity index is 505. The number of carbonyl (C=O) groups excluding carboxylic acids is 2. The standard InChI is InChI=1S/C15H16O4/c1-18-13-4-2-3-5-14(13)19-15(17)10-11-6-8-12(16)9-7-11/h2-6,8,11H,7,9-10H2,1H3. The van der Waals surface area contributed by atoms with Gasteiger partial charge in [-0.3, -0.25) is 9.59 Å². The van der Waals surface area contributed by atoms with E-state index in [-0.39, 0.29) is 24.1 Å². The molecule has 1 aliphatic rings.